The molecule has 2 amide bonds. The minimum atomic E-state index is -0.674. The Kier molecular flexibility index (Phi) is 7.53. The Morgan fingerprint density at radius 1 is 1.12 bits per heavy atom. The van der Waals surface area contributed by atoms with E-state index >= 15 is 0 Å². The second kappa shape index (κ2) is 10.1. The van der Waals surface area contributed by atoms with Crippen LogP contribution in [-0.4, -0.2) is 33.8 Å². The molecule has 2 N–H and O–H groups in total. The van der Waals surface area contributed by atoms with Crippen molar-refractivity contribution in [3.63, 3.8) is 0 Å². The Hall–Kier alpha value is -2.90. The van der Waals surface area contributed by atoms with Crippen LogP contribution in [0.5, 0.6) is 0 Å². The van der Waals surface area contributed by atoms with E-state index in [4.69, 9.17) is 9.26 Å². The Balaban J connectivity index is 1.74. The summed E-state index contributed by atoms with van der Waals surface area (Å²) in [7, 11) is 0. The van der Waals surface area contributed by atoms with Gasteiger partial charge in [-0.2, -0.15) is 0 Å². The van der Waals surface area contributed by atoms with Crippen molar-refractivity contribution in [3.8, 4) is 11.1 Å². The zero-order valence-corrected chi connectivity index (χ0v) is 19.7. The number of aryl methyl sites for hydroxylation is 2. The molecular formula is C24H34N4O4. The predicted molar refractivity (Wildman–Crippen MR) is 122 cm³/mol. The number of hydrogen-bond donors (Lipinski definition) is 2. The molecule has 0 aliphatic heterocycles. The highest BCUT2D eigenvalue weighted by atomic mass is 16.6. The number of amides is 2. The number of nitrogens with one attached hydrogen (secondary N) is 2. The third-order valence-electron chi connectivity index (χ3n) is 5.66. The highest BCUT2D eigenvalue weighted by Gasteiger charge is 2.32. The molecule has 0 unspecified atom stereocenters. The summed E-state index contributed by atoms with van der Waals surface area (Å²) >= 11 is 0. The topological polar surface area (TPSA) is 106 Å². The number of ether oxygens (including phenoxy) is 1. The van der Waals surface area contributed by atoms with Crippen molar-refractivity contribution in [2.24, 2.45) is 5.92 Å². The SMILES string of the molecule is Cc1noc(C)c1-c1ccc(NC(=O)[C@@H](NC(=O)OC(C)(C)C)C2CCCCCC2)nc1. The van der Waals surface area contributed by atoms with E-state index in [0.29, 0.717) is 5.82 Å². The van der Waals surface area contributed by atoms with Crippen LogP contribution in [0.4, 0.5) is 10.6 Å². The highest BCUT2D eigenvalue weighted by Crippen LogP contribution is 2.28. The van der Waals surface area contributed by atoms with E-state index in [9.17, 15) is 9.59 Å². The van der Waals surface area contributed by atoms with Crippen LogP contribution in [-0.2, 0) is 9.53 Å². The molecule has 1 fully saturated rings. The zero-order valence-electron chi connectivity index (χ0n) is 19.7. The van der Waals surface area contributed by atoms with E-state index in [2.05, 4.69) is 20.8 Å². The van der Waals surface area contributed by atoms with Gasteiger partial charge >= 0.3 is 6.09 Å². The fourth-order valence-corrected chi connectivity index (χ4v) is 4.19. The molecule has 1 aliphatic carbocycles. The molecule has 8 nitrogen and oxygen atoms in total. The average Bonchev–Trinajstić information content (AvgIpc) is 2.91. The second-order valence-corrected chi connectivity index (χ2v) is 9.50. The number of carbonyl (C=O) groups is 2. The lowest BCUT2D eigenvalue weighted by Crippen LogP contribution is -2.50. The van der Waals surface area contributed by atoms with Crippen molar-refractivity contribution in [1.82, 2.24) is 15.5 Å². The lowest BCUT2D eigenvalue weighted by molar-refractivity contribution is -0.119. The summed E-state index contributed by atoms with van der Waals surface area (Å²) in [5.41, 5.74) is 1.92. The van der Waals surface area contributed by atoms with Gasteiger partial charge in [0.1, 0.15) is 23.2 Å². The van der Waals surface area contributed by atoms with Gasteiger partial charge in [-0.3, -0.25) is 4.79 Å². The van der Waals surface area contributed by atoms with Crippen LogP contribution in [0.2, 0.25) is 0 Å². The first-order valence-corrected chi connectivity index (χ1v) is 11.3. The molecule has 3 rings (SSSR count). The fourth-order valence-electron chi connectivity index (χ4n) is 4.19. The van der Waals surface area contributed by atoms with Crippen LogP contribution >= 0.6 is 0 Å². The minimum absolute atomic E-state index is 0.0617. The predicted octanol–water partition coefficient (Wildman–Crippen LogP) is 5.16. The average molecular weight is 443 g/mol. The standard InChI is InChI=1S/C24H34N4O4/c1-15-20(16(2)32-28-15)18-12-13-19(25-14-18)26-22(29)21(17-10-8-6-7-9-11-17)27-23(30)31-24(3,4)5/h12-14,17,21H,6-11H2,1-5H3,(H,27,30)(H,25,26,29)/t21-/m0/s1. The van der Waals surface area contributed by atoms with Crippen molar-refractivity contribution < 1.29 is 18.8 Å². The van der Waals surface area contributed by atoms with Gasteiger partial charge in [0.05, 0.1) is 5.69 Å². The van der Waals surface area contributed by atoms with Crippen molar-refractivity contribution in [2.45, 2.75) is 84.8 Å². The van der Waals surface area contributed by atoms with Crippen LogP contribution in [0.1, 0.15) is 70.8 Å². The molecular weight excluding hydrogens is 408 g/mol. The Morgan fingerprint density at radius 2 is 1.81 bits per heavy atom. The number of hydrogen-bond acceptors (Lipinski definition) is 6. The molecule has 1 atom stereocenters. The van der Waals surface area contributed by atoms with Crippen LogP contribution in [0.15, 0.2) is 22.9 Å². The molecule has 0 radical (unpaired) electrons. The van der Waals surface area contributed by atoms with Crippen LogP contribution in [0, 0.1) is 19.8 Å². The summed E-state index contributed by atoms with van der Waals surface area (Å²) in [6.45, 7) is 9.14. The van der Waals surface area contributed by atoms with E-state index in [0.717, 1.165) is 61.1 Å². The molecule has 2 aromatic heterocycles. The number of nitrogens with zero attached hydrogens (tertiary/aromatic N) is 2. The number of rotatable bonds is 5. The van der Waals surface area contributed by atoms with E-state index in [-0.39, 0.29) is 11.8 Å². The zero-order chi connectivity index (χ0) is 23.3. The molecule has 8 heteroatoms. The third-order valence-corrected chi connectivity index (χ3v) is 5.66. The first-order valence-electron chi connectivity index (χ1n) is 11.3. The smallest absolute Gasteiger partial charge is 0.408 e. The van der Waals surface area contributed by atoms with Gasteiger partial charge in [-0.1, -0.05) is 30.8 Å². The van der Waals surface area contributed by atoms with Crippen molar-refractivity contribution in [3.05, 3.63) is 29.8 Å². The van der Waals surface area contributed by atoms with Crippen molar-refractivity contribution in [1.29, 1.82) is 0 Å². The molecule has 0 bridgehead atoms. The Labute approximate surface area is 189 Å². The summed E-state index contributed by atoms with van der Waals surface area (Å²) in [4.78, 5) is 30.0. The monoisotopic (exact) mass is 442 g/mol. The van der Waals surface area contributed by atoms with E-state index in [1.807, 2.05) is 19.9 Å². The minimum Gasteiger partial charge on any atom is -0.444 e. The molecule has 2 aromatic rings. The molecule has 0 aromatic carbocycles. The van der Waals surface area contributed by atoms with Gasteiger partial charge in [0, 0.05) is 17.3 Å². The van der Waals surface area contributed by atoms with Gasteiger partial charge in [-0.05, 0) is 65.5 Å². The van der Waals surface area contributed by atoms with Crippen molar-refractivity contribution in [2.75, 3.05) is 5.32 Å². The molecule has 32 heavy (non-hydrogen) atoms. The maximum atomic E-state index is 13.2. The quantitative estimate of drug-likeness (QED) is 0.620. The van der Waals surface area contributed by atoms with Crippen LogP contribution in [0.3, 0.4) is 0 Å². The molecule has 1 saturated carbocycles. The van der Waals surface area contributed by atoms with Gasteiger partial charge in [0.15, 0.2) is 0 Å². The Bertz CT molecular complexity index is 903. The fraction of sp³-hybridized carbons (Fsp3) is 0.583. The number of anilines is 1. The lowest BCUT2D eigenvalue weighted by atomic mass is 9.91. The van der Waals surface area contributed by atoms with Gasteiger partial charge < -0.3 is 19.9 Å². The van der Waals surface area contributed by atoms with Crippen LogP contribution < -0.4 is 10.6 Å². The first kappa shape index (κ1) is 23.8. The molecule has 0 saturated heterocycles. The first-order chi connectivity index (χ1) is 15.1. The summed E-state index contributed by atoms with van der Waals surface area (Å²) in [5.74, 6) is 0.929. The van der Waals surface area contributed by atoms with Gasteiger partial charge in [-0.25, -0.2) is 9.78 Å². The lowest BCUT2D eigenvalue weighted by Gasteiger charge is -2.28. The van der Waals surface area contributed by atoms with E-state index in [1.54, 1.807) is 33.0 Å². The Morgan fingerprint density at radius 3 is 2.34 bits per heavy atom. The van der Waals surface area contributed by atoms with Gasteiger partial charge in [0.25, 0.3) is 0 Å². The molecule has 174 valence electrons. The summed E-state index contributed by atoms with van der Waals surface area (Å²) < 4.78 is 10.6. The van der Waals surface area contributed by atoms with Gasteiger partial charge in [-0.15, -0.1) is 0 Å². The number of carbonyl (C=O) groups excluding carboxylic acids is 2. The number of alkyl carbamates (subject to hydrolysis) is 1. The summed E-state index contributed by atoms with van der Waals surface area (Å²) in [5, 5.41) is 9.66. The second-order valence-electron chi connectivity index (χ2n) is 9.50. The van der Waals surface area contributed by atoms with E-state index in [1.165, 1.54) is 0 Å². The normalized spacial score (nSPS) is 16.2. The molecule has 1 aliphatic rings. The van der Waals surface area contributed by atoms with E-state index < -0.39 is 17.7 Å². The maximum absolute atomic E-state index is 13.2. The van der Waals surface area contributed by atoms with Crippen molar-refractivity contribution >= 4 is 17.8 Å². The van der Waals surface area contributed by atoms with Gasteiger partial charge in [0.2, 0.25) is 5.91 Å². The number of pyridine rings is 1. The summed E-state index contributed by atoms with van der Waals surface area (Å²) in [6.07, 6.45) is 7.31. The van der Waals surface area contributed by atoms with Crippen LogP contribution in [0.25, 0.3) is 11.1 Å². The maximum Gasteiger partial charge on any atom is 0.408 e. The summed E-state index contributed by atoms with van der Waals surface area (Å²) in [6, 6.07) is 2.94. The molecule has 0 spiro atoms. The number of aromatic nitrogens is 2. The molecule has 2 heterocycles. The largest absolute Gasteiger partial charge is 0.444 e. The third kappa shape index (κ3) is 6.31. The highest BCUT2D eigenvalue weighted by molar-refractivity contribution is 5.96.